The highest BCUT2D eigenvalue weighted by Crippen LogP contribution is 2.42. The second kappa shape index (κ2) is 9.05. The van der Waals surface area contributed by atoms with Gasteiger partial charge < -0.3 is 15.8 Å². The van der Waals surface area contributed by atoms with Gasteiger partial charge in [0.25, 0.3) is 5.91 Å². The van der Waals surface area contributed by atoms with E-state index in [1.165, 1.54) is 0 Å². The molecule has 1 saturated carbocycles. The van der Waals surface area contributed by atoms with Gasteiger partial charge in [0.15, 0.2) is 0 Å². The van der Waals surface area contributed by atoms with Crippen molar-refractivity contribution in [1.29, 1.82) is 0 Å². The topological polar surface area (TPSA) is 82.2 Å². The maximum absolute atomic E-state index is 12.7. The molecule has 26 heavy (non-hydrogen) atoms. The molecule has 1 aromatic carbocycles. The summed E-state index contributed by atoms with van der Waals surface area (Å²) in [5, 5.41) is 7.41. The van der Waals surface area contributed by atoms with Gasteiger partial charge in [-0.2, -0.15) is 5.10 Å². The molecule has 3 N–H and O–H groups in total. The Kier molecular flexibility index (Phi) is 7.06. The van der Waals surface area contributed by atoms with Crippen LogP contribution >= 0.6 is 12.4 Å². The number of nitrogens with zero attached hydrogens (tertiary/aromatic N) is 2. The number of carbonyl (C=O) groups excluding carboxylic acids is 1. The summed E-state index contributed by atoms with van der Waals surface area (Å²) in [6.07, 6.45) is 3.97. The fourth-order valence-electron chi connectivity index (χ4n) is 2.86. The summed E-state index contributed by atoms with van der Waals surface area (Å²) >= 11 is 0. The molecule has 0 radical (unpaired) electrons. The second-order valence-corrected chi connectivity index (χ2v) is 6.91. The summed E-state index contributed by atoms with van der Waals surface area (Å²) < 4.78 is 7.45. The number of rotatable bonds is 8. The minimum atomic E-state index is -0.104. The average molecular weight is 379 g/mol. The lowest BCUT2D eigenvalue weighted by atomic mass is 10.1. The molecule has 0 aliphatic heterocycles. The smallest absolute Gasteiger partial charge is 0.259 e. The summed E-state index contributed by atoms with van der Waals surface area (Å²) in [7, 11) is 0. The third kappa shape index (κ3) is 4.99. The van der Waals surface area contributed by atoms with E-state index >= 15 is 0 Å². The number of halogens is 1. The van der Waals surface area contributed by atoms with Crippen LogP contribution in [0, 0.1) is 5.92 Å². The monoisotopic (exact) mass is 378 g/mol. The number of anilines is 1. The van der Waals surface area contributed by atoms with Crippen LogP contribution in [0.15, 0.2) is 30.5 Å². The quantitative estimate of drug-likeness (QED) is 0.737. The second-order valence-electron chi connectivity index (χ2n) is 6.91. The van der Waals surface area contributed by atoms with Gasteiger partial charge >= 0.3 is 0 Å². The lowest BCUT2D eigenvalue weighted by Crippen LogP contribution is -2.15. The van der Waals surface area contributed by atoms with Crippen LogP contribution in [-0.4, -0.2) is 28.8 Å². The van der Waals surface area contributed by atoms with Crippen molar-refractivity contribution in [3.8, 4) is 5.75 Å². The molecule has 1 aliphatic rings. The Labute approximate surface area is 160 Å². The van der Waals surface area contributed by atoms with Crippen molar-refractivity contribution in [1.82, 2.24) is 9.78 Å². The Balaban J connectivity index is 0.00000243. The first-order chi connectivity index (χ1) is 12.1. The van der Waals surface area contributed by atoms with Crippen molar-refractivity contribution in [3.05, 3.63) is 41.7 Å². The molecule has 1 aliphatic carbocycles. The van der Waals surface area contributed by atoms with Crippen LogP contribution in [0.3, 0.4) is 0 Å². The van der Waals surface area contributed by atoms with E-state index < -0.39 is 0 Å². The van der Waals surface area contributed by atoms with E-state index in [1.807, 2.05) is 28.9 Å². The van der Waals surface area contributed by atoms with Gasteiger partial charge in [-0.05, 0) is 43.0 Å². The zero-order valence-electron chi connectivity index (χ0n) is 15.3. The van der Waals surface area contributed by atoms with Crippen LogP contribution in [-0.2, 0) is 6.54 Å². The highest BCUT2D eigenvalue weighted by molar-refractivity contribution is 6.05. The van der Waals surface area contributed by atoms with Crippen molar-refractivity contribution >= 4 is 24.0 Å². The molecule has 1 aromatic heterocycles. The summed E-state index contributed by atoms with van der Waals surface area (Å²) in [4.78, 5) is 12.7. The lowest BCUT2D eigenvalue weighted by Gasteiger charge is -2.11. The molecule has 6 nitrogen and oxygen atoms in total. The van der Waals surface area contributed by atoms with Crippen molar-refractivity contribution in [2.75, 3.05) is 18.5 Å². The number of nitrogens with two attached hydrogens (primary N) is 1. The predicted octanol–water partition coefficient (Wildman–Crippen LogP) is 3.43. The maximum Gasteiger partial charge on any atom is 0.259 e. The van der Waals surface area contributed by atoms with E-state index in [2.05, 4.69) is 24.3 Å². The zero-order chi connectivity index (χ0) is 17.8. The Morgan fingerprint density at radius 3 is 2.62 bits per heavy atom. The maximum atomic E-state index is 12.7. The average Bonchev–Trinajstić information content (AvgIpc) is 3.34. The molecule has 1 heterocycles. The van der Waals surface area contributed by atoms with Crippen LogP contribution in [0.1, 0.15) is 48.7 Å². The van der Waals surface area contributed by atoms with Crippen LogP contribution < -0.4 is 15.8 Å². The first-order valence-corrected chi connectivity index (χ1v) is 8.88. The van der Waals surface area contributed by atoms with E-state index in [9.17, 15) is 4.79 Å². The molecule has 7 heteroatoms. The number of carbonyl (C=O) groups is 1. The van der Waals surface area contributed by atoms with Gasteiger partial charge in [0.1, 0.15) is 12.4 Å². The first kappa shape index (κ1) is 20.3. The van der Waals surface area contributed by atoms with E-state index in [4.69, 9.17) is 10.5 Å². The lowest BCUT2D eigenvalue weighted by molar-refractivity contribution is 0.102. The van der Waals surface area contributed by atoms with E-state index in [0.717, 1.165) is 36.5 Å². The largest absolute Gasteiger partial charge is 0.492 e. The van der Waals surface area contributed by atoms with E-state index in [1.54, 1.807) is 6.20 Å². The molecule has 0 atom stereocenters. The number of benzene rings is 1. The molecular weight excluding hydrogens is 352 g/mol. The van der Waals surface area contributed by atoms with Gasteiger partial charge in [-0.1, -0.05) is 13.8 Å². The molecule has 142 valence electrons. The fourth-order valence-corrected chi connectivity index (χ4v) is 2.86. The molecule has 1 fully saturated rings. The van der Waals surface area contributed by atoms with Crippen LogP contribution in [0.4, 0.5) is 5.69 Å². The van der Waals surface area contributed by atoms with Crippen LogP contribution in [0.25, 0.3) is 0 Å². The van der Waals surface area contributed by atoms with Gasteiger partial charge in [0.2, 0.25) is 0 Å². The molecule has 2 aromatic rings. The fraction of sp³-hybridized carbons (Fsp3) is 0.474. The summed E-state index contributed by atoms with van der Waals surface area (Å²) in [6, 6.07) is 7.32. The Morgan fingerprint density at radius 1 is 1.35 bits per heavy atom. The van der Waals surface area contributed by atoms with Crippen molar-refractivity contribution < 1.29 is 9.53 Å². The summed E-state index contributed by atoms with van der Waals surface area (Å²) in [5.41, 5.74) is 7.93. The Bertz CT molecular complexity index is 724. The molecule has 1 amide bonds. The zero-order valence-corrected chi connectivity index (χ0v) is 16.1. The highest BCUT2D eigenvalue weighted by atomic mass is 35.5. The van der Waals surface area contributed by atoms with Gasteiger partial charge in [0.05, 0.1) is 17.5 Å². The molecular formula is C19H27ClN4O2. The standard InChI is InChI=1S/C19H26N4O2.ClH/c1-13(2)12-23-18(14-3-4-14)17(11-21-23)19(24)22-15-5-7-16(8-6-15)25-10-9-20;/h5-8,11,13-14H,3-4,9-10,12,20H2,1-2H3,(H,22,24);1H. The third-order valence-corrected chi connectivity index (χ3v) is 4.13. The SMILES string of the molecule is CC(C)Cn1ncc(C(=O)Nc2ccc(OCCN)cc2)c1C1CC1.Cl. The molecule has 3 rings (SSSR count). The van der Waals surface area contributed by atoms with Crippen LogP contribution in [0.2, 0.25) is 0 Å². The van der Waals surface area contributed by atoms with Gasteiger partial charge in [-0.25, -0.2) is 0 Å². The van der Waals surface area contributed by atoms with E-state index in [0.29, 0.717) is 30.6 Å². The summed E-state index contributed by atoms with van der Waals surface area (Å²) in [6.45, 7) is 6.11. The predicted molar refractivity (Wildman–Crippen MR) is 105 cm³/mol. The number of ether oxygens (including phenoxy) is 1. The van der Waals surface area contributed by atoms with Gasteiger partial charge in [-0.3, -0.25) is 9.48 Å². The molecule has 0 spiro atoms. The molecule has 0 unspecified atom stereocenters. The summed E-state index contributed by atoms with van der Waals surface area (Å²) in [5.74, 6) is 1.60. The number of nitrogens with one attached hydrogen (secondary N) is 1. The minimum Gasteiger partial charge on any atom is -0.492 e. The number of hydrogen-bond donors (Lipinski definition) is 2. The van der Waals surface area contributed by atoms with Crippen molar-refractivity contribution in [2.45, 2.75) is 39.2 Å². The molecule has 0 saturated heterocycles. The first-order valence-electron chi connectivity index (χ1n) is 8.88. The number of amides is 1. The van der Waals surface area contributed by atoms with Crippen molar-refractivity contribution in [2.24, 2.45) is 11.7 Å². The van der Waals surface area contributed by atoms with E-state index in [-0.39, 0.29) is 18.3 Å². The normalized spacial score (nSPS) is 13.4. The van der Waals surface area contributed by atoms with Crippen LogP contribution in [0.5, 0.6) is 5.75 Å². The Morgan fingerprint density at radius 2 is 2.04 bits per heavy atom. The van der Waals surface area contributed by atoms with Gasteiger partial charge in [0, 0.05) is 24.7 Å². The van der Waals surface area contributed by atoms with Crippen molar-refractivity contribution in [3.63, 3.8) is 0 Å². The Hall–Kier alpha value is -2.05. The molecule has 0 bridgehead atoms. The third-order valence-electron chi connectivity index (χ3n) is 4.13. The highest BCUT2D eigenvalue weighted by Gasteiger charge is 2.32. The number of aromatic nitrogens is 2. The minimum absolute atomic E-state index is 0. The number of hydrogen-bond acceptors (Lipinski definition) is 4. The van der Waals surface area contributed by atoms with Gasteiger partial charge in [-0.15, -0.1) is 12.4 Å².